The molecule has 0 N–H and O–H groups in total. The van der Waals surface area contributed by atoms with E-state index >= 15 is 0 Å². The zero-order chi connectivity index (χ0) is 22.4. The van der Waals surface area contributed by atoms with E-state index in [-0.39, 0.29) is 9.79 Å². The lowest BCUT2D eigenvalue weighted by atomic mass is 10.1. The van der Waals surface area contributed by atoms with Crippen LogP contribution in [0.5, 0.6) is 5.75 Å². The molecule has 0 spiro atoms. The first-order valence-corrected chi connectivity index (χ1v) is 11.5. The molecule has 2 aromatic carbocycles. The molecular formula is C23H25NO6S. The Balaban J connectivity index is 1.69. The van der Waals surface area contributed by atoms with Gasteiger partial charge in [0, 0.05) is 23.9 Å². The second kappa shape index (κ2) is 7.60. The largest absolute Gasteiger partial charge is 0.497 e. The smallest absolute Gasteiger partial charge is 0.410 e. The van der Waals surface area contributed by atoms with E-state index in [0.29, 0.717) is 36.2 Å². The zero-order valence-electron chi connectivity index (χ0n) is 18.0. The summed E-state index contributed by atoms with van der Waals surface area (Å²) in [7, 11) is -2.19. The molecule has 164 valence electrons. The molecule has 1 aliphatic heterocycles. The van der Waals surface area contributed by atoms with Gasteiger partial charge in [-0.25, -0.2) is 13.2 Å². The summed E-state index contributed by atoms with van der Waals surface area (Å²) in [6.07, 6.45) is 0.151. The van der Waals surface area contributed by atoms with Gasteiger partial charge in [0.1, 0.15) is 22.7 Å². The second-order valence-electron chi connectivity index (χ2n) is 8.49. The number of ether oxygens (including phenoxy) is 2. The van der Waals surface area contributed by atoms with E-state index in [1.54, 1.807) is 35.2 Å². The third-order valence-electron chi connectivity index (χ3n) is 5.14. The van der Waals surface area contributed by atoms with Crippen LogP contribution in [0.3, 0.4) is 0 Å². The van der Waals surface area contributed by atoms with Crippen LogP contribution >= 0.6 is 0 Å². The Morgan fingerprint density at radius 1 is 1.06 bits per heavy atom. The number of carbonyl (C=O) groups excluding carboxylic acids is 1. The van der Waals surface area contributed by atoms with Crippen LogP contribution in [0, 0.1) is 0 Å². The lowest BCUT2D eigenvalue weighted by Crippen LogP contribution is -2.39. The predicted molar refractivity (Wildman–Crippen MR) is 115 cm³/mol. The Bertz CT molecular complexity index is 1240. The summed E-state index contributed by atoms with van der Waals surface area (Å²) in [6.45, 7) is 6.26. The number of benzene rings is 2. The number of nitrogens with zero attached hydrogens (tertiary/aromatic N) is 1. The number of hydrogen-bond acceptors (Lipinski definition) is 6. The lowest BCUT2D eigenvalue weighted by molar-refractivity contribution is 0.0220. The van der Waals surface area contributed by atoms with E-state index in [1.807, 2.05) is 20.8 Å². The van der Waals surface area contributed by atoms with Crippen LogP contribution in [-0.2, 0) is 27.5 Å². The topological polar surface area (TPSA) is 86.1 Å². The van der Waals surface area contributed by atoms with E-state index in [9.17, 15) is 13.2 Å². The van der Waals surface area contributed by atoms with Gasteiger partial charge in [-0.05, 0) is 63.2 Å². The summed E-state index contributed by atoms with van der Waals surface area (Å²) in [5.74, 6) is 1.36. The summed E-state index contributed by atoms with van der Waals surface area (Å²) in [6, 6.07) is 11.1. The average molecular weight is 444 g/mol. The van der Waals surface area contributed by atoms with Crippen molar-refractivity contribution in [3.8, 4) is 5.75 Å². The van der Waals surface area contributed by atoms with Crippen LogP contribution in [0.1, 0.15) is 32.1 Å². The number of fused-ring (bicyclic) bond motifs is 3. The van der Waals surface area contributed by atoms with Crippen molar-refractivity contribution in [2.45, 2.75) is 49.1 Å². The van der Waals surface area contributed by atoms with Gasteiger partial charge in [-0.1, -0.05) is 0 Å². The first kappa shape index (κ1) is 21.2. The molecule has 0 radical (unpaired) electrons. The highest BCUT2D eigenvalue weighted by Gasteiger charge is 2.29. The monoisotopic (exact) mass is 443 g/mol. The number of sulfone groups is 1. The molecule has 0 atom stereocenters. The maximum absolute atomic E-state index is 13.1. The second-order valence-corrected chi connectivity index (χ2v) is 10.4. The molecule has 0 saturated heterocycles. The molecule has 1 amide bonds. The molecular weight excluding hydrogens is 418 g/mol. The van der Waals surface area contributed by atoms with Crippen LogP contribution < -0.4 is 4.74 Å². The van der Waals surface area contributed by atoms with Gasteiger partial charge in [0.2, 0.25) is 9.84 Å². The molecule has 0 aliphatic carbocycles. The Morgan fingerprint density at radius 2 is 1.74 bits per heavy atom. The fourth-order valence-electron chi connectivity index (χ4n) is 3.60. The maximum Gasteiger partial charge on any atom is 0.410 e. The fourth-order valence-corrected chi connectivity index (χ4v) is 4.89. The van der Waals surface area contributed by atoms with Crippen LogP contribution in [-0.4, -0.2) is 38.7 Å². The first-order valence-electron chi connectivity index (χ1n) is 10.00. The van der Waals surface area contributed by atoms with Gasteiger partial charge in [-0.3, -0.25) is 0 Å². The normalized spacial score (nSPS) is 14.4. The average Bonchev–Trinajstić information content (AvgIpc) is 3.09. The number of hydrogen-bond donors (Lipinski definition) is 0. The molecule has 4 rings (SSSR count). The van der Waals surface area contributed by atoms with E-state index in [0.717, 1.165) is 11.3 Å². The van der Waals surface area contributed by atoms with E-state index in [1.165, 1.54) is 19.2 Å². The maximum atomic E-state index is 13.1. The van der Waals surface area contributed by atoms with E-state index in [4.69, 9.17) is 13.9 Å². The number of methoxy groups -OCH3 is 1. The van der Waals surface area contributed by atoms with Crippen LogP contribution in [0.2, 0.25) is 0 Å². The molecule has 0 saturated carbocycles. The van der Waals surface area contributed by atoms with Crippen LogP contribution in [0.25, 0.3) is 11.0 Å². The van der Waals surface area contributed by atoms with Crippen molar-refractivity contribution in [3.63, 3.8) is 0 Å². The minimum atomic E-state index is -3.72. The number of rotatable bonds is 3. The molecule has 31 heavy (non-hydrogen) atoms. The van der Waals surface area contributed by atoms with Gasteiger partial charge in [-0.15, -0.1) is 0 Å². The highest BCUT2D eigenvalue weighted by molar-refractivity contribution is 7.91. The Labute approximate surface area is 181 Å². The Hall–Kier alpha value is -3.00. The van der Waals surface area contributed by atoms with Crippen molar-refractivity contribution in [1.82, 2.24) is 4.90 Å². The van der Waals surface area contributed by atoms with Gasteiger partial charge in [0.25, 0.3) is 0 Å². The quantitative estimate of drug-likeness (QED) is 0.590. The highest BCUT2D eigenvalue weighted by atomic mass is 32.2. The van der Waals surface area contributed by atoms with Gasteiger partial charge in [0.05, 0.1) is 23.4 Å². The molecule has 8 heteroatoms. The number of amides is 1. The molecule has 2 heterocycles. The summed E-state index contributed by atoms with van der Waals surface area (Å²) >= 11 is 0. The molecule has 0 bridgehead atoms. The van der Waals surface area contributed by atoms with Crippen molar-refractivity contribution in [3.05, 3.63) is 53.8 Å². The zero-order valence-corrected chi connectivity index (χ0v) is 18.8. The minimum Gasteiger partial charge on any atom is -0.497 e. The Kier molecular flexibility index (Phi) is 5.21. The molecule has 0 fully saturated rings. The molecule has 7 nitrogen and oxygen atoms in total. The Morgan fingerprint density at radius 3 is 2.39 bits per heavy atom. The van der Waals surface area contributed by atoms with Gasteiger partial charge < -0.3 is 18.8 Å². The summed E-state index contributed by atoms with van der Waals surface area (Å²) in [5.41, 5.74) is 0.832. The summed E-state index contributed by atoms with van der Waals surface area (Å²) in [4.78, 5) is 14.5. The van der Waals surface area contributed by atoms with Gasteiger partial charge >= 0.3 is 6.09 Å². The number of furan rings is 1. The molecule has 3 aromatic rings. The van der Waals surface area contributed by atoms with Gasteiger partial charge in [0.15, 0.2) is 0 Å². The first-order chi connectivity index (χ1) is 14.6. The number of carbonyl (C=O) groups is 1. The van der Waals surface area contributed by atoms with E-state index in [2.05, 4.69) is 0 Å². The van der Waals surface area contributed by atoms with Crippen LogP contribution in [0.15, 0.2) is 56.7 Å². The van der Waals surface area contributed by atoms with Crippen molar-refractivity contribution in [2.24, 2.45) is 0 Å². The van der Waals surface area contributed by atoms with Crippen molar-refractivity contribution in [1.29, 1.82) is 0 Å². The molecule has 1 aliphatic rings. The third kappa shape index (κ3) is 4.12. The highest BCUT2D eigenvalue weighted by Crippen LogP contribution is 2.34. The minimum absolute atomic E-state index is 0.170. The van der Waals surface area contributed by atoms with Crippen molar-refractivity contribution >= 4 is 26.9 Å². The molecule has 1 aromatic heterocycles. The SMILES string of the molecule is COc1ccc(S(=O)(=O)c2ccc3oc4c(c3c2)CN(C(=O)OC(C)(C)C)CC4)cc1. The predicted octanol–water partition coefficient (Wildman–Crippen LogP) is 4.57. The van der Waals surface area contributed by atoms with Crippen LogP contribution in [0.4, 0.5) is 4.79 Å². The molecule has 0 unspecified atom stereocenters. The summed E-state index contributed by atoms with van der Waals surface area (Å²) < 4.78 is 42.8. The third-order valence-corrected chi connectivity index (χ3v) is 6.90. The summed E-state index contributed by atoms with van der Waals surface area (Å²) in [5, 5.41) is 0.692. The van der Waals surface area contributed by atoms with Crippen molar-refractivity contribution < 1.29 is 27.1 Å². The van der Waals surface area contributed by atoms with E-state index < -0.39 is 21.5 Å². The van der Waals surface area contributed by atoms with Gasteiger partial charge in [-0.2, -0.15) is 0 Å². The van der Waals surface area contributed by atoms with Crippen molar-refractivity contribution in [2.75, 3.05) is 13.7 Å². The standard InChI is InChI=1S/C23H25NO6S/c1-23(2,3)30-22(25)24-12-11-21-19(14-24)18-13-17(9-10-20(18)29-21)31(26,27)16-7-5-15(28-4)6-8-16/h5-10,13H,11-12,14H2,1-4H3. The fraction of sp³-hybridized carbons (Fsp3) is 0.348. The lowest BCUT2D eigenvalue weighted by Gasteiger charge is -2.29.